The molecule has 5 rings (SSSR count). The molecule has 0 amide bonds. The van der Waals surface area contributed by atoms with E-state index in [1.54, 1.807) is 12.1 Å². The van der Waals surface area contributed by atoms with Gasteiger partial charge in [-0.15, -0.1) is 0 Å². The normalized spacial score (nSPS) is 19.0. The first-order chi connectivity index (χ1) is 15.8. The molecule has 2 aliphatic rings. The number of ketones is 1. The van der Waals surface area contributed by atoms with Gasteiger partial charge in [-0.1, -0.05) is 68.1 Å². The maximum Gasteiger partial charge on any atom is 0.257 e. The summed E-state index contributed by atoms with van der Waals surface area (Å²) in [6, 6.07) is 16.1. The van der Waals surface area contributed by atoms with Gasteiger partial charge in [0.25, 0.3) is 5.56 Å². The number of Topliss-reactive ketones (excluding diaryl/α,β-unsaturated/α-hetero) is 1. The number of allylic oxidation sites excluding steroid dienone is 2. The Kier molecular flexibility index (Phi) is 5.44. The summed E-state index contributed by atoms with van der Waals surface area (Å²) in [5.74, 6) is 0.0242. The predicted molar refractivity (Wildman–Crippen MR) is 128 cm³/mol. The molecular formula is C26H24FN3O2S. The van der Waals surface area contributed by atoms with Crippen molar-refractivity contribution in [3.8, 4) is 0 Å². The standard InChI is InChI=1S/C26H24FN3O2S/c1-26(2)12-18-21(19(31)13-26)20(16-9-6-10-17(27)11-16)22-23(28-18)29-25(30-24(22)32)33-14-15-7-4-3-5-8-15/h3-11,20H,12-14H2,1-2H3,(H2,28,29,30,32)/t20-/m0/s1. The zero-order chi connectivity index (χ0) is 23.2. The first-order valence-corrected chi connectivity index (χ1v) is 11.9. The molecule has 5 nitrogen and oxygen atoms in total. The molecule has 33 heavy (non-hydrogen) atoms. The maximum atomic E-state index is 14.1. The Bertz CT molecular complexity index is 1330. The molecule has 0 fully saturated rings. The number of carbonyl (C=O) groups excluding carboxylic acids is 1. The quantitative estimate of drug-likeness (QED) is 0.402. The van der Waals surface area contributed by atoms with E-state index in [9.17, 15) is 14.0 Å². The van der Waals surface area contributed by atoms with Crippen molar-refractivity contribution in [2.24, 2.45) is 5.41 Å². The Hall–Kier alpha value is -3.19. The summed E-state index contributed by atoms with van der Waals surface area (Å²) < 4.78 is 14.1. The van der Waals surface area contributed by atoms with Crippen LogP contribution >= 0.6 is 11.8 Å². The van der Waals surface area contributed by atoms with Crippen molar-refractivity contribution in [2.75, 3.05) is 5.32 Å². The fourth-order valence-electron chi connectivity index (χ4n) is 4.71. The zero-order valence-corrected chi connectivity index (χ0v) is 19.3. The SMILES string of the molecule is CC1(C)CC(=O)C2=C(C1)Nc1nc(SCc3ccccc3)[nH]c(=O)c1[C@H]2c1cccc(F)c1. The Morgan fingerprint density at radius 3 is 2.64 bits per heavy atom. The molecule has 0 saturated carbocycles. The molecular weight excluding hydrogens is 437 g/mol. The van der Waals surface area contributed by atoms with E-state index < -0.39 is 11.7 Å². The summed E-state index contributed by atoms with van der Waals surface area (Å²) in [5.41, 5.74) is 2.85. The smallest absolute Gasteiger partial charge is 0.257 e. The van der Waals surface area contributed by atoms with Crippen molar-refractivity contribution < 1.29 is 9.18 Å². The number of anilines is 1. The number of hydrogen-bond donors (Lipinski definition) is 2. The van der Waals surface area contributed by atoms with E-state index >= 15 is 0 Å². The minimum atomic E-state index is -0.653. The van der Waals surface area contributed by atoms with Gasteiger partial charge in [-0.25, -0.2) is 9.37 Å². The number of fused-ring (bicyclic) bond motifs is 1. The number of H-pyrrole nitrogens is 1. The molecule has 0 radical (unpaired) electrons. The molecule has 0 spiro atoms. The van der Waals surface area contributed by atoms with Gasteiger partial charge in [-0.2, -0.15) is 0 Å². The van der Waals surface area contributed by atoms with Crippen LogP contribution in [-0.2, 0) is 10.5 Å². The molecule has 0 bridgehead atoms. The molecule has 1 aliphatic heterocycles. The van der Waals surface area contributed by atoms with Crippen molar-refractivity contribution in [2.45, 2.75) is 43.5 Å². The average Bonchev–Trinajstić information content (AvgIpc) is 2.76. The first-order valence-electron chi connectivity index (χ1n) is 10.9. The Balaban J connectivity index is 1.60. The third-order valence-corrected chi connectivity index (χ3v) is 7.05. The second kappa shape index (κ2) is 8.30. The second-order valence-electron chi connectivity index (χ2n) is 9.35. The lowest BCUT2D eigenvalue weighted by Crippen LogP contribution is -2.37. The molecule has 3 aromatic rings. The monoisotopic (exact) mass is 461 g/mol. The lowest BCUT2D eigenvalue weighted by atomic mass is 9.69. The number of hydrogen-bond acceptors (Lipinski definition) is 5. The van der Waals surface area contributed by atoms with Crippen LogP contribution in [-0.4, -0.2) is 15.8 Å². The van der Waals surface area contributed by atoms with Gasteiger partial charge < -0.3 is 10.3 Å². The van der Waals surface area contributed by atoms with Crippen LogP contribution in [0.25, 0.3) is 0 Å². The molecule has 7 heteroatoms. The Labute approximate surface area is 195 Å². The molecule has 2 heterocycles. The highest BCUT2D eigenvalue weighted by atomic mass is 32.2. The van der Waals surface area contributed by atoms with Crippen LogP contribution in [0.5, 0.6) is 0 Å². The molecule has 2 aromatic carbocycles. The van der Waals surface area contributed by atoms with Gasteiger partial charge in [0.15, 0.2) is 10.9 Å². The maximum absolute atomic E-state index is 14.1. The average molecular weight is 462 g/mol. The third-order valence-electron chi connectivity index (χ3n) is 6.10. The minimum absolute atomic E-state index is 0.0180. The lowest BCUT2D eigenvalue weighted by Gasteiger charge is -2.38. The first kappa shape index (κ1) is 21.6. The molecule has 1 atom stereocenters. The van der Waals surface area contributed by atoms with Crippen molar-refractivity contribution in [1.29, 1.82) is 0 Å². The fourth-order valence-corrected chi connectivity index (χ4v) is 5.52. The summed E-state index contributed by atoms with van der Waals surface area (Å²) in [6.45, 7) is 4.10. The van der Waals surface area contributed by atoms with Gasteiger partial charge >= 0.3 is 0 Å². The largest absolute Gasteiger partial charge is 0.343 e. The Morgan fingerprint density at radius 2 is 1.88 bits per heavy atom. The van der Waals surface area contributed by atoms with Gasteiger partial charge in [-0.3, -0.25) is 9.59 Å². The van der Waals surface area contributed by atoms with Crippen LogP contribution in [0.15, 0.2) is 75.8 Å². The van der Waals surface area contributed by atoms with Crippen molar-refractivity contribution in [1.82, 2.24) is 9.97 Å². The third kappa shape index (κ3) is 4.25. The summed E-state index contributed by atoms with van der Waals surface area (Å²) >= 11 is 1.44. The van der Waals surface area contributed by atoms with E-state index in [4.69, 9.17) is 4.98 Å². The van der Waals surface area contributed by atoms with Crippen LogP contribution in [0.3, 0.4) is 0 Å². The van der Waals surface area contributed by atoms with Crippen molar-refractivity contribution >= 4 is 23.4 Å². The molecule has 168 valence electrons. The highest BCUT2D eigenvalue weighted by Gasteiger charge is 2.42. The summed E-state index contributed by atoms with van der Waals surface area (Å²) in [7, 11) is 0. The van der Waals surface area contributed by atoms with Gasteiger partial charge in [-0.05, 0) is 35.1 Å². The number of nitrogens with zero attached hydrogens (tertiary/aromatic N) is 1. The number of carbonyl (C=O) groups is 1. The van der Waals surface area contributed by atoms with Crippen LogP contribution in [0.4, 0.5) is 10.2 Å². The van der Waals surface area contributed by atoms with E-state index in [2.05, 4.69) is 24.1 Å². The number of nitrogens with one attached hydrogen (secondary N) is 2. The summed E-state index contributed by atoms with van der Waals surface area (Å²) in [4.78, 5) is 34.1. The van der Waals surface area contributed by atoms with Gasteiger partial charge in [0.1, 0.15) is 11.6 Å². The number of benzene rings is 2. The minimum Gasteiger partial charge on any atom is -0.343 e. The molecule has 1 aromatic heterocycles. The number of halogens is 1. The van der Waals surface area contributed by atoms with E-state index in [-0.39, 0.29) is 16.8 Å². The molecule has 1 aliphatic carbocycles. The summed E-state index contributed by atoms with van der Waals surface area (Å²) in [6.07, 6.45) is 1.03. The summed E-state index contributed by atoms with van der Waals surface area (Å²) in [5, 5.41) is 3.80. The number of aromatic amines is 1. The van der Waals surface area contributed by atoms with Crippen LogP contribution in [0.1, 0.15) is 49.3 Å². The van der Waals surface area contributed by atoms with Crippen molar-refractivity contribution in [3.05, 3.63) is 98.7 Å². The number of thioether (sulfide) groups is 1. The van der Waals surface area contributed by atoms with E-state index in [0.717, 1.165) is 11.3 Å². The van der Waals surface area contributed by atoms with Crippen LogP contribution in [0, 0.1) is 11.2 Å². The molecule has 2 N–H and O–H groups in total. The van der Waals surface area contributed by atoms with E-state index in [0.29, 0.717) is 46.3 Å². The molecule has 0 saturated heterocycles. The molecule has 0 unspecified atom stereocenters. The van der Waals surface area contributed by atoms with Gasteiger partial charge in [0, 0.05) is 29.4 Å². The Morgan fingerprint density at radius 1 is 1.09 bits per heavy atom. The van der Waals surface area contributed by atoms with Crippen LogP contribution < -0.4 is 10.9 Å². The van der Waals surface area contributed by atoms with E-state index in [1.807, 2.05) is 30.3 Å². The highest BCUT2D eigenvalue weighted by molar-refractivity contribution is 7.98. The van der Waals surface area contributed by atoms with Crippen LogP contribution in [0.2, 0.25) is 0 Å². The van der Waals surface area contributed by atoms with E-state index in [1.165, 1.54) is 23.9 Å². The highest BCUT2D eigenvalue weighted by Crippen LogP contribution is 2.47. The topological polar surface area (TPSA) is 74.8 Å². The second-order valence-corrected chi connectivity index (χ2v) is 10.3. The number of rotatable bonds is 4. The van der Waals surface area contributed by atoms with Gasteiger partial charge in [0.05, 0.1) is 5.56 Å². The van der Waals surface area contributed by atoms with Crippen molar-refractivity contribution in [3.63, 3.8) is 0 Å². The lowest BCUT2D eigenvalue weighted by molar-refractivity contribution is -0.118. The van der Waals surface area contributed by atoms with Gasteiger partial charge in [0.2, 0.25) is 0 Å². The predicted octanol–water partition coefficient (Wildman–Crippen LogP) is 5.40. The zero-order valence-electron chi connectivity index (χ0n) is 18.4. The number of aromatic nitrogens is 2. The fraction of sp³-hybridized carbons (Fsp3) is 0.269.